The van der Waals surface area contributed by atoms with Crippen molar-refractivity contribution in [2.45, 2.75) is 0 Å². The minimum atomic E-state index is 0. The van der Waals surface area contributed by atoms with Crippen molar-refractivity contribution >= 4 is 9.88 Å². The Labute approximate surface area is 52.1 Å². The van der Waals surface area contributed by atoms with Crippen molar-refractivity contribution in [1.29, 1.82) is 4.89 Å². The van der Waals surface area contributed by atoms with Crippen LogP contribution in [0.25, 0.3) is 0 Å². The molecule has 0 aromatic heterocycles. The molecule has 0 radical (unpaired) electrons. The molecule has 0 rings (SSSR count). The molecule has 0 aliphatic carbocycles. The van der Waals surface area contributed by atoms with Crippen molar-refractivity contribution in [3.05, 3.63) is 0 Å². The van der Waals surface area contributed by atoms with Gasteiger partial charge < -0.3 is 11.0 Å². The molecule has 5 heavy (non-hydrogen) atoms. The molecular formula is HNO2SiZr. The van der Waals surface area contributed by atoms with Gasteiger partial charge in [-0.05, 0) is 0 Å². The van der Waals surface area contributed by atoms with Crippen LogP contribution in [0.1, 0.15) is 0 Å². The van der Waals surface area contributed by atoms with E-state index in [4.69, 9.17) is 4.89 Å². The maximum atomic E-state index is 6.92. The van der Waals surface area contributed by atoms with Gasteiger partial charge in [0.2, 0.25) is 0 Å². The molecule has 0 aliphatic heterocycles. The molecule has 0 saturated carbocycles. The summed E-state index contributed by atoms with van der Waals surface area (Å²) in [4.78, 5) is 6.92. The molecule has 0 aromatic carbocycles. The van der Waals surface area contributed by atoms with Gasteiger partial charge in [0.25, 0.3) is 0 Å². The van der Waals surface area contributed by atoms with Gasteiger partial charge in [0.15, 0.2) is 9.88 Å². The van der Waals surface area contributed by atoms with Crippen LogP contribution in [-0.2, 0) is 37.2 Å². The average molecular weight is 166 g/mol. The molecule has 0 amide bonds. The van der Waals surface area contributed by atoms with E-state index < -0.39 is 0 Å². The molecule has 3 nitrogen and oxygen atoms in total. The van der Waals surface area contributed by atoms with Crippen LogP contribution in [0.2, 0.25) is 0 Å². The molecule has 0 bridgehead atoms. The Kier molecular flexibility index (Phi) is 1060. The van der Waals surface area contributed by atoms with Gasteiger partial charge >= 0.3 is 26.2 Å². The van der Waals surface area contributed by atoms with E-state index in [1.165, 1.54) is 9.88 Å². The second-order valence-corrected chi connectivity index (χ2v) is 0. The van der Waals surface area contributed by atoms with Crippen LogP contribution in [0.4, 0.5) is 0 Å². The Bertz CT molecular complexity index is 14.4. The number of nitrogens with zero attached hydrogens (tertiary/aromatic N) is 1. The Morgan fingerprint density at radius 2 is 1.00 bits per heavy atom. The zero-order chi connectivity index (χ0) is 2.00. The van der Waals surface area contributed by atoms with Gasteiger partial charge in [-0.15, -0.1) is 0 Å². The van der Waals surface area contributed by atoms with Gasteiger partial charge in [-0.1, -0.05) is 0 Å². The van der Waals surface area contributed by atoms with Crippen LogP contribution >= 0.6 is 0 Å². The third-order valence-corrected chi connectivity index (χ3v) is 0. The normalized spacial score (nSPS) is 0.400. The molecule has 0 aliphatic rings. The van der Waals surface area contributed by atoms with E-state index in [2.05, 4.69) is 0 Å². The topological polar surface area (TPSA) is 80.8 Å². The summed E-state index contributed by atoms with van der Waals surface area (Å²) in [6, 6.07) is 0. The van der Waals surface area contributed by atoms with Crippen LogP contribution in [-0.4, -0.2) is 9.88 Å². The molecule has 5 heteroatoms. The van der Waals surface area contributed by atoms with E-state index in [-0.39, 0.29) is 37.2 Å². The second kappa shape index (κ2) is 123. The van der Waals surface area contributed by atoms with E-state index in [1.807, 2.05) is 0 Å². The monoisotopic (exact) mass is 165 g/mol. The summed E-state index contributed by atoms with van der Waals surface area (Å²) in [5.41, 5.74) is 0. The number of rotatable bonds is 0. The predicted octanol–water partition coefficient (Wildman–Crippen LogP) is -0.874. The van der Waals surface area contributed by atoms with Crippen molar-refractivity contribution in [2.24, 2.45) is 0 Å². The summed E-state index contributed by atoms with van der Waals surface area (Å²) < 4.78 is 0. The molecule has 0 heterocycles. The molecular weight excluding hydrogens is 165 g/mol. The van der Waals surface area contributed by atoms with Crippen LogP contribution < -0.4 is 0 Å². The maximum absolute atomic E-state index is 6.92. The van der Waals surface area contributed by atoms with E-state index in [9.17, 15) is 0 Å². The fourth-order valence-corrected chi connectivity index (χ4v) is 0. The zero-order valence-corrected chi connectivity index (χ0v) is 5.95. The zero-order valence-electron chi connectivity index (χ0n) is 2.34. The smallest absolute Gasteiger partial charge is 2.00 e. The van der Waals surface area contributed by atoms with E-state index in [0.717, 1.165) is 0 Å². The molecule has 0 fully saturated rings. The molecule has 0 atom stereocenters. The summed E-state index contributed by atoms with van der Waals surface area (Å²) in [5, 5.41) is 0. The van der Waals surface area contributed by atoms with Crippen molar-refractivity contribution < 1.29 is 37.2 Å². The van der Waals surface area contributed by atoms with Gasteiger partial charge in [-0.2, -0.15) is 0 Å². The summed E-state index contributed by atoms with van der Waals surface area (Å²) in [6.45, 7) is 0. The van der Waals surface area contributed by atoms with Gasteiger partial charge in [0.05, 0.1) is 0 Å². The van der Waals surface area contributed by atoms with E-state index in [0.29, 0.717) is 0 Å². The van der Waals surface area contributed by atoms with Gasteiger partial charge in [-0.3, -0.25) is 4.89 Å². The Morgan fingerprint density at radius 3 is 1.00 bits per heavy atom. The summed E-state index contributed by atoms with van der Waals surface area (Å²) >= 11 is 0. The first-order valence-electron chi connectivity index (χ1n) is 0.258. The molecule has 0 unspecified atom stereocenters. The van der Waals surface area contributed by atoms with Crippen molar-refractivity contribution in [2.75, 3.05) is 0 Å². The fraction of sp³-hybridized carbons (Fsp3) is 0. The first-order valence-corrected chi connectivity index (χ1v) is 0.775. The van der Waals surface area contributed by atoms with E-state index in [1.54, 1.807) is 0 Å². The van der Waals surface area contributed by atoms with Crippen molar-refractivity contribution in [3.63, 3.8) is 0 Å². The van der Waals surface area contributed by atoms with E-state index >= 15 is 0 Å². The number of hydrogen-bond acceptors (Lipinski definition) is 1. The van der Waals surface area contributed by atoms with Gasteiger partial charge in [0.1, 0.15) is 0 Å². The second-order valence-electron chi connectivity index (χ2n) is 0. The SMILES string of the molecule is N#[SiH].[O-2].[O-2].[Zr+4]. The van der Waals surface area contributed by atoms with Crippen LogP contribution in [0.15, 0.2) is 0 Å². The fourth-order valence-electron chi connectivity index (χ4n) is 0. The molecule has 0 saturated heterocycles. The predicted molar refractivity (Wildman–Crippen MR) is 10.2 cm³/mol. The molecule has 0 aromatic rings. The first-order chi connectivity index (χ1) is 1.00. The third kappa shape index (κ3) is 66.2. The molecule has 26 valence electrons. The Morgan fingerprint density at radius 1 is 1.00 bits per heavy atom. The first kappa shape index (κ1) is 42.8. The largest absolute Gasteiger partial charge is 4.00 e. The van der Waals surface area contributed by atoms with Crippen LogP contribution in [0.3, 0.4) is 0 Å². The minimum Gasteiger partial charge on any atom is -2.00 e. The summed E-state index contributed by atoms with van der Waals surface area (Å²) in [7, 11) is 1.42. The minimum absolute atomic E-state index is 0. The van der Waals surface area contributed by atoms with Crippen molar-refractivity contribution in [1.82, 2.24) is 0 Å². The average Bonchev–Trinajstić information content (AvgIpc) is 1.00. The molecule has 0 N–H and O–H groups in total. The van der Waals surface area contributed by atoms with Crippen LogP contribution in [0.5, 0.6) is 0 Å². The van der Waals surface area contributed by atoms with Crippen LogP contribution in [0, 0.1) is 4.89 Å². The Hall–Kier alpha value is 0.730. The van der Waals surface area contributed by atoms with Gasteiger partial charge in [-0.25, -0.2) is 0 Å². The number of hydrogen-bond donors (Lipinski definition) is 0. The quantitative estimate of drug-likeness (QED) is 0.431. The summed E-state index contributed by atoms with van der Waals surface area (Å²) in [6.07, 6.45) is 0. The standard InChI is InChI=1S/HNSi.2O.Zr/c1-2;;;/h2H;;;/q;2*-2;+4. The molecule has 0 spiro atoms. The Balaban J connectivity index is -0.00000000167. The summed E-state index contributed by atoms with van der Waals surface area (Å²) in [5.74, 6) is 0. The van der Waals surface area contributed by atoms with Crippen molar-refractivity contribution in [3.8, 4) is 0 Å². The maximum Gasteiger partial charge on any atom is 4.00 e. The third-order valence-electron chi connectivity index (χ3n) is 0. The van der Waals surface area contributed by atoms with Gasteiger partial charge in [0, 0.05) is 0 Å².